The maximum absolute atomic E-state index is 11.8. The van der Waals surface area contributed by atoms with Gasteiger partial charge < -0.3 is 15.4 Å². The number of benzene rings is 1. The van der Waals surface area contributed by atoms with Gasteiger partial charge in [0.2, 0.25) is 15.9 Å². The van der Waals surface area contributed by atoms with Gasteiger partial charge in [0.1, 0.15) is 5.75 Å². The highest BCUT2D eigenvalue weighted by molar-refractivity contribution is 7.88. The van der Waals surface area contributed by atoms with E-state index in [0.717, 1.165) is 0 Å². The Morgan fingerprint density at radius 1 is 1.12 bits per heavy atom. The topological polar surface area (TPSA) is 105 Å². The third-order valence-corrected chi connectivity index (χ3v) is 5.49. The van der Waals surface area contributed by atoms with Crippen LogP contribution in [0, 0.1) is 5.92 Å². The minimum absolute atomic E-state index is 0.112. The van der Waals surface area contributed by atoms with Gasteiger partial charge in [0.15, 0.2) is 6.61 Å². The van der Waals surface area contributed by atoms with Crippen molar-refractivity contribution in [3.8, 4) is 5.75 Å². The van der Waals surface area contributed by atoms with Crippen LogP contribution in [-0.4, -0.2) is 63.6 Å². The normalized spacial score (nSPS) is 16.0. The lowest BCUT2D eigenvalue weighted by Crippen LogP contribution is -2.43. The predicted molar refractivity (Wildman–Crippen MR) is 97.1 cm³/mol. The van der Waals surface area contributed by atoms with Crippen LogP contribution in [0.2, 0.25) is 0 Å². The zero-order valence-electron chi connectivity index (χ0n) is 14.8. The Morgan fingerprint density at radius 2 is 1.77 bits per heavy atom. The predicted octanol–water partition coefficient (Wildman–Crippen LogP) is -0.0306. The molecule has 1 aliphatic heterocycles. The van der Waals surface area contributed by atoms with Crippen molar-refractivity contribution in [2.45, 2.75) is 12.8 Å². The van der Waals surface area contributed by atoms with E-state index in [0.29, 0.717) is 38.2 Å². The first kappa shape index (κ1) is 20.2. The number of amides is 2. The van der Waals surface area contributed by atoms with E-state index in [1.54, 1.807) is 24.3 Å². The zero-order valence-corrected chi connectivity index (χ0v) is 15.6. The van der Waals surface area contributed by atoms with E-state index in [1.807, 2.05) is 6.07 Å². The van der Waals surface area contributed by atoms with Crippen LogP contribution >= 0.6 is 0 Å². The smallest absolute Gasteiger partial charge is 0.258 e. The molecule has 1 heterocycles. The van der Waals surface area contributed by atoms with Crippen molar-refractivity contribution < 1.29 is 22.7 Å². The summed E-state index contributed by atoms with van der Waals surface area (Å²) in [6, 6.07) is 8.95. The molecule has 0 saturated carbocycles. The second-order valence-corrected chi connectivity index (χ2v) is 8.27. The highest BCUT2D eigenvalue weighted by Crippen LogP contribution is 2.18. The molecule has 1 saturated heterocycles. The maximum Gasteiger partial charge on any atom is 0.258 e. The zero-order chi connectivity index (χ0) is 19.0. The molecule has 1 fully saturated rings. The SMILES string of the molecule is CS(=O)(=O)N1CCC(CNC(=O)CNC(=O)COc2ccccc2)CC1. The van der Waals surface area contributed by atoms with Crippen molar-refractivity contribution >= 4 is 21.8 Å². The number of hydrogen-bond acceptors (Lipinski definition) is 5. The van der Waals surface area contributed by atoms with E-state index in [2.05, 4.69) is 10.6 Å². The van der Waals surface area contributed by atoms with Crippen molar-refractivity contribution in [1.29, 1.82) is 0 Å². The van der Waals surface area contributed by atoms with Crippen molar-refractivity contribution in [2.75, 3.05) is 39.0 Å². The molecule has 0 atom stereocenters. The van der Waals surface area contributed by atoms with E-state index in [-0.39, 0.29) is 30.9 Å². The van der Waals surface area contributed by atoms with Crippen molar-refractivity contribution in [1.82, 2.24) is 14.9 Å². The molecule has 9 heteroatoms. The summed E-state index contributed by atoms with van der Waals surface area (Å²) < 4.78 is 29.7. The molecule has 0 bridgehead atoms. The molecule has 1 aromatic carbocycles. The molecule has 26 heavy (non-hydrogen) atoms. The fraction of sp³-hybridized carbons (Fsp3) is 0.529. The molecule has 0 aliphatic carbocycles. The van der Waals surface area contributed by atoms with Gasteiger partial charge in [0.05, 0.1) is 12.8 Å². The Hall–Kier alpha value is -2.13. The summed E-state index contributed by atoms with van der Waals surface area (Å²) in [4.78, 5) is 23.5. The molecular formula is C17H25N3O5S. The fourth-order valence-electron chi connectivity index (χ4n) is 2.66. The summed E-state index contributed by atoms with van der Waals surface area (Å²) in [5, 5.41) is 5.28. The number of sulfonamides is 1. The number of nitrogens with one attached hydrogen (secondary N) is 2. The summed E-state index contributed by atoms with van der Waals surface area (Å²) >= 11 is 0. The largest absolute Gasteiger partial charge is 0.484 e. The lowest BCUT2D eigenvalue weighted by Gasteiger charge is -2.30. The van der Waals surface area contributed by atoms with Crippen LogP contribution in [0.3, 0.4) is 0 Å². The number of carbonyl (C=O) groups excluding carboxylic acids is 2. The Bertz CT molecular complexity index is 700. The Kier molecular flexibility index (Phi) is 7.40. The molecule has 0 radical (unpaired) electrons. The van der Waals surface area contributed by atoms with Crippen LogP contribution in [0.4, 0.5) is 0 Å². The van der Waals surface area contributed by atoms with Gasteiger partial charge in [-0.2, -0.15) is 0 Å². The van der Waals surface area contributed by atoms with E-state index in [1.165, 1.54) is 10.6 Å². The number of para-hydroxylation sites is 1. The summed E-state index contributed by atoms with van der Waals surface area (Å²) in [6.45, 7) is 1.17. The van der Waals surface area contributed by atoms with Gasteiger partial charge in [0.25, 0.3) is 5.91 Å². The second kappa shape index (κ2) is 9.54. The number of ether oxygens (including phenoxy) is 1. The second-order valence-electron chi connectivity index (χ2n) is 6.29. The third kappa shape index (κ3) is 7.01. The first-order valence-corrected chi connectivity index (χ1v) is 10.4. The van der Waals surface area contributed by atoms with Gasteiger partial charge in [-0.1, -0.05) is 18.2 Å². The Morgan fingerprint density at radius 3 is 2.38 bits per heavy atom. The fourth-order valence-corrected chi connectivity index (χ4v) is 3.54. The quantitative estimate of drug-likeness (QED) is 0.656. The lowest BCUT2D eigenvalue weighted by molar-refractivity contribution is -0.127. The molecule has 144 valence electrons. The van der Waals surface area contributed by atoms with Crippen LogP contribution < -0.4 is 15.4 Å². The number of carbonyl (C=O) groups is 2. The average molecular weight is 383 g/mol. The van der Waals surface area contributed by atoms with E-state index in [9.17, 15) is 18.0 Å². The minimum Gasteiger partial charge on any atom is -0.484 e. The molecule has 0 spiro atoms. The standard InChI is InChI=1S/C17H25N3O5S/c1-26(23,24)20-9-7-14(8-10-20)11-18-16(21)12-19-17(22)13-25-15-5-3-2-4-6-15/h2-6,14H,7-13H2,1H3,(H,18,21)(H,19,22). The Labute approximate surface area is 153 Å². The van der Waals surface area contributed by atoms with Crippen molar-refractivity contribution in [2.24, 2.45) is 5.92 Å². The van der Waals surface area contributed by atoms with E-state index >= 15 is 0 Å². The first-order valence-electron chi connectivity index (χ1n) is 8.51. The lowest BCUT2D eigenvalue weighted by atomic mass is 9.98. The molecule has 1 aliphatic rings. The average Bonchev–Trinajstić information content (AvgIpc) is 2.63. The van der Waals surface area contributed by atoms with E-state index < -0.39 is 10.0 Å². The molecule has 2 N–H and O–H groups in total. The number of nitrogens with zero attached hydrogens (tertiary/aromatic N) is 1. The summed E-state index contributed by atoms with van der Waals surface area (Å²) in [7, 11) is -3.14. The van der Waals surface area contributed by atoms with Crippen LogP contribution in [0.15, 0.2) is 30.3 Å². The van der Waals surface area contributed by atoms with Gasteiger partial charge in [-0.05, 0) is 30.9 Å². The third-order valence-electron chi connectivity index (χ3n) is 4.19. The summed E-state index contributed by atoms with van der Waals surface area (Å²) in [6.07, 6.45) is 2.63. The van der Waals surface area contributed by atoms with Crippen LogP contribution in [0.25, 0.3) is 0 Å². The van der Waals surface area contributed by atoms with Crippen molar-refractivity contribution in [3.63, 3.8) is 0 Å². The van der Waals surface area contributed by atoms with Gasteiger partial charge >= 0.3 is 0 Å². The molecule has 2 amide bonds. The highest BCUT2D eigenvalue weighted by Gasteiger charge is 2.24. The molecule has 2 rings (SSSR count). The molecule has 0 aromatic heterocycles. The Balaban J connectivity index is 1.58. The first-order chi connectivity index (χ1) is 12.3. The van der Waals surface area contributed by atoms with E-state index in [4.69, 9.17) is 4.74 Å². The summed E-state index contributed by atoms with van der Waals surface area (Å²) in [5.41, 5.74) is 0. The molecule has 0 unspecified atom stereocenters. The number of rotatable bonds is 8. The monoisotopic (exact) mass is 383 g/mol. The molecule has 8 nitrogen and oxygen atoms in total. The number of hydrogen-bond donors (Lipinski definition) is 2. The number of piperidine rings is 1. The van der Waals surface area contributed by atoms with Gasteiger partial charge in [-0.25, -0.2) is 12.7 Å². The van der Waals surface area contributed by atoms with Crippen LogP contribution in [0.5, 0.6) is 5.75 Å². The molecular weight excluding hydrogens is 358 g/mol. The van der Waals surface area contributed by atoms with Gasteiger partial charge in [-0.15, -0.1) is 0 Å². The highest BCUT2D eigenvalue weighted by atomic mass is 32.2. The minimum atomic E-state index is -3.14. The van der Waals surface area contributed by atoms with Crippen molar-refractivity contribution in [3.05, 3.63) is 30.3 Å². The maximum atomic E-state index is 11.8. The van der Waals surface area contributed by atoms with Gasteiger partial charge in [-0.3, -0.25) is 9.59 Å². The van der Waals surface area contributed by atoms with Crippen LogP contribution in [0.1, 0.15) is 12.8 Å². The molecule has 1 aromatic rings. The summed E-state index contributed by atoms with van der Waals surface area (Å²) in [5.74, 6) is 0.190. The van der Waals surface area contributed by atoms with Gasteiger partial charge in [0, 0.05) is 19.6 Å². The van der Waals surface area contributed by atoms with Crippen LogP contribution in [-0.2, 0) is 19.6 Å².